The number of fused-ring (bicyclic) bond motifs is 3. The van der Waals surface area contributed by atoms with E-state index in [1.165, 1.54) is 0 Å². The third kappa shape index (κ3) is 2.52. The van der Waals surface area contributed by atoms with Crippen LogP contribution in [0, 0.1) is 0 Å². The molecule has 5 rings (SSSR count). The Morgan fingerprint density at radius 1 is 0.966 bits per heavy atom. The fourth-order valence-corrected chi connectivity index (χ4v) is 5.20. The van der Waals surface area contributed by atoms with Gasteiger partial charge in [0.25, 0.3) is 5.91 Å². The van der Waals surface area contributed by atoms with Crippen LogP contribution in [0.25, 0.3) is 0 Å². The van der Waals surface area contributed by atoms with E-state index in [4.69, 9.17) is 0 Å². The van der Waals surface area contributed by atoms with Gasteiger partial charge in [-0.1, -0.05) is 72.8 Å². The molecule has 1 N–H and O–H groups in total. The van der Waals surface area contributed by atoms with Gasteiger partial charge in [-0.3, -0.25) is 9.59 Å². The van der Waals surface area contributed by atoms with Crippen molar-refractivity contribution < 1.29 is 14.7 Å². The molecule has 0 aromatic heterocycles. The van der Waals surface area contributed by atoms with Crippen molar-refractivity contribution in [2.45, 2.75) is 30.8 Å². The second-order valence-corrected chi connectivity index (χ2v) is 7.82. The van der Waals surface area contributed by atoms with Gasteiger partial charge in [-0.2, -0.15) is 0 Å². The molecule has 3 aromatic rings. The first-order chi connectivity index (χ1) is 14.1. The van der Waals surface area contributed by atoms with Crippen molar-refractivity contribution >= 4 is 11.9 Å². The molecule has 2 unspecified atom stereocenters. The zero-order valence-corrected chi connectivity index (χ0v) is 15.9. The van der Waals surface area contributed by atoms with Crippen LogP contribution in [0.3, 0.4) is 0 Å². The summed E-state index contributed by atoms with van der Waals surface area (Å²) in [6, 6.07) is 24.9. The summed E-state index contributed by atoms with van der Waals surface area (Å²) >= 11 is 0. The van der Waals surface area contributed by atoms with Crippen LogP contribution >= 0.6 is 0 Å². The number of benzene rings is 3. The summed E-state index contributed by atoms with van der Waals surface area (Å²) < 4.78 is 0. The van der Waals surface area contributed by atoms with Gasteiger partial charge >= 0.3 is 5.97 Å². The molecule has 1 aliphatic carbocycles. The normalized spacial score (nSPS) is 22.4. The Balaban J connectivity index is 1.78. The minimum atomic E-state index is -0.889. The van der Waals surface area contributed by atoms with Gasteiger partial charge in [0.15, 0.2) is 0 Å². The smallest absolute Gasteiger partial charge is 0.313 e. The number of rotatable bonds is 3. The highest BCUT2D eigenvalue weighted by Gasteiger charge is 2.58. The molecule has 29 heavy (non-hydrogen) atoms. The Morgan fingerprint density at radius 2 is 1.66 bits per heavy atom. The molecule has 3 aromatic carbocycles. The maximum atomic E-state index is 13.7. The SMILES string of the molecule is O=C(O)C1c2ccccc2C(=O)N(Cc2ccccc2)C12CCc1ccccc12. The Bertz CT molecular complexity index is 1110. The van der Waals surface area contributed by atoms with Gasteiger partial charge in [0.2, 0.25) is 0 Å². The second-order valence-electron chi connectivity index (χ2n) is 7.82. The Morgan fingerprint density at radius 3 is 2.45 bits per heavy atom. The number of aliphatic carboxylic acids is 1. The average Bonchev–Trinajstić information content (AvgIpc) is 3.12. The summed E-state index contributed by atoms with van der Waals surface area (Å²) in [4.78, 5) is 28.2. The highest BCUT2D eigenvalue weighted by Crippen LogP contribution is 2.55. The van der Waals surface area contributed by atoms with Gasteiger partial charge < -0.3 is 10.0 Å². The number of carbonyl (C=O) groups excluding carboxylic acids is 1. The van der Waals surface area contributed by atoms with Gasteiger partial charge in [0.05, 0.1) is 5.54 Å². The quantitative estimate of drug-likeness (QED) is 0.731. The molecule has 2 atom stereocenters. The topological polar surface area (TPSA) is 57.6 Å². The molecule has 0 bridgehead atoms. The molecule has 4 nitrogen and oxygen atoms in total. The number of hydrogen-bond donors (Lipinski definition) is 1. The lowest BCUT2D eigenvalue weighted by molar-refractivity contribution is -0.143. The maximum absolute atomic E-state index is 13.7. The van der Waals surface area contributed by atoms with Crippen LogP contribution in [-0.4, -0.2) is 21.9 Å². The molecular formula is C25H21NO3. The molecule has 0 radical (unpaired) electrons. The van der Waals surface area contributed by atoms with Crippen LogP contribution in [0.1, 0.15) is 45.0 Å². The highest BCUT2D eigenvalue weighted by atomic mass is 16.4. The number of amides is 1. The van der Waals surface area contributed by atoms with Gasteiger partial charge in [-0.15, -0.1) is 0 Å². The number of carboxylic acids is 1. The molecular weight excluding hydrogens is 362 g/mol. The van der Waals surface area contributed by atoms with Crippen LogP contribution in [0.5, 0.6) is 0 Å². The standard InChI is InChI=1S/C25H21NO3/c27-23-20-12-6-5-11-19(20)22(24(28)29)25(15-14-18-10-4-7-13-21(18)25)26(23)16-17-8-2-1-3-9-17/h1-13,22H,14-16H2,(H,28,29). The summed E-state index contributed by atoms with van der Waals surface area (Å²) in [6.07, 6.45) is 1.37. The third-order valence-corrected chi connectivity index (χ3v) is 6.40. The molecule has 1 aliphatic heterocycles. The lowest BCUT2D eigenvalue weighted by Gasteiger charge is -2.49. The van der Waals surface area contributed by atoms with Gasteiger partial charge in [0, 0.05) is 12.1 Å². The average molecular weight is 383 g/mol. The fourth-order valence-electron chi connectivity index (χ4n) is 5.20. The Kier molecular flexibility index (Phi) is 4.02. The van der Waals surface area contributed by atoms with E-state index in [2.05, 4.69) is 6.07 Å². The molecule has 1 spiro atoms. The lowest BCUT2D eigenvalue weighted by atomic mass is 9.69. The molecule has 0 saturated heterocycles. The Labute approximate surface area is 169 Å². The van der Waals surface area contributed by atoms with Crippen molar-refractivity contribution in [2.24, 2.45) is 0 Å². The molecule has 4 heteroatoms. The van der Waals surface area contributed by atoms with Crippen molar-refractivity contribution in [3.05, 3.63) is 107 Å². The number of carbonyl (C=O) groups is 2. The van der Waals surface area contributed by atoms with Crippen LogP contribution in [0.4, 0.5) is 0 Å². The van der Waals surface area contributed by atoms with Crippen molar-refractivity contribution in [3.8, 4) is 0 Å². The van der Waals surface area contributed by atoms with Crippen molar-refractivity contribution in [2.75, 3.05) is 0 Å². The van der Waals surface area contributed by atoms with Crippen molar-refractivity contribution in [1.82, 2.24) is 4.90 Å². The summed E-state index contributed by atoms with van der Waals surface area (Å²) in [6.45, 7) is 0.381. The molecule has 0 saturated carbocycles. The molecule has 2 aliphatic rings. The first-order valence-electron chi connectivity index (χ1n) is 9.89. The van der Waals surface area contributed by atoms with Crippen molar-refractivity contribution in [3.63, 3.8) is 0 Å². The minimum absolute atomic E-state index is 0.0985. The van der Waals surface area contributed by atoms with E-state index in [0.717, 1.165) is 23.1 Å². The first-order valence-corrected chi connectivity index (χ1v) is 9.89. The molecule has 1 amide bonds. The first kappa shape index (κ1) is 17.7. The van der Waals surface area contributed by atoms with E-state index in [1.807, 2.05) is 59.5 Å². The van der Waals surface area contributed by atoms with Crippen LogP contribution in [0.2, 0.25) is 0 Å². The summed E-state index contributed by atoms with van der Waals surface area (Å²) in [5.41, 5.74) is 3.31. The van der Waals surface area contributed by atoms with E-state index < -0.39 is 17.4 Å². The predicted molar refractivity (Wildman–Crippen MR) is 110 cm³/mol. The number of nitrogens with zero attached hydrogens (tertiary/aromatic N) is 1. The van der Waals surface area contributed by atoms with Gasteiger partial charge in [0.1, 0.15) is 5.92 Å². The summed E-state index contributed by atoms with van der Waals surface area (Å²) in [5.74, 6) is -1.79. The van der Waals surface area contributed by atoms with E-state index >= 15 is 0 Å². The lowest BCUT2D eigenvalue weighted by Crippen LogP contribution is -2.57. The molecule has 144 valence electrons. The van der Waals surface area contributed by atoms with Crippen LogP contribution in [-0.2, 0) is 23.3 Å². The fraction of sp³-hybridized carbons (Fsp3) is 0.200. The molecule has 1 heterocycles. The number of aryl methyl sites for hydroxylation is 1. The Hall–Kier alpha value is -3.40. The maximum Gasteiger partial charge on any atom is 0.313 e. The third-order valence-electron chi connectivity index (χ3n) is 6.40. The van der Waals surface area contributed by atoms with Crippen LogP contribution < -0.4 is 0 Å². The zero-order chi connectivity index (χ0) is 20.0. The van der Waals surface area contributed by atoms with E-state index in [0.29, 0.717) is 24.1 Å². The van der Waals surface area contributed by atoms with Crippen molar-refractivity contribution in [1.29, 1.82) is 0 Å². The minimum Gasteiger partial charge on any atom is -0.481 e. The van der Waals surface area contributed by atoms with E-state index in [1.54, 1.807) is 18.2 Å². The zero-order valence-electron chi connectivity index (χ0n) is 15.9. The predicted octanol–water partition coefficient (Wildman–Crippen LogP) is 4.35. The number of carboxylic acid groups (broad SMARTS) is 1. The molecule has 0 fully saturated rings. The summed E-state index contributed by atoms with van der Waals surface area (Å²) in [5, 5.41) is 10.4. The van der Waals surface area contributed by atoms with Gasteiger partial charge in [-0.25, -0.2) is 0 Å². The number of hydrogen-bond acceptors (Lipinski definition) is 2. The van der Waals surface area contributed by atoms with E-state index in [9.17, 15) is 14.7 Å². The summed E-state index contributed by atoms with van der Waals surface area (Å²) in [7, 11) is 0. The highest BCUT2D eigenvalue weighted by molar-refractivity contribution is 6.01. The van der Waals surface area contributed by atoms with Crippen LogP contribution in [0.15, 0.2) is 78.9 Å². The largest absolute Gasteiger partial charge is 0.481 e. The second kappa shape index (κ2) is 6.59. The van der Waals surface area contributed by atoms with Gasteiger partial charge in [-0.05, 0) is 41.2 Å². The van der Waals surface area contributed by atoms with E-state index in [-0.39, 0.29) is 5.91 Å². The monoisotopic (exact) mass is 383 g/mol.